The summed E-state index contributed by atoms with van der Waals surface area (Å²) in [6.07, 6.45) is 5.02. The maximum absolute atomic E-state index is 13.7. The molecule has 0 spiro atoms. The lowest BCUT2D eigenvalue weighted by atomic mass is 9.86. The van der Waals surface area contributed by atoms with Gasteiger partial charge in [0.25, 0.3) is 5.91 Å². The number of hydrogen-bond donors (Lipinski definition) is 0. The molecule has 0 aliphatic heterocycles. The van der Waals surface area contributed by atoms with E-state index in [1.165, 1.54) is 0 Å². The number of aryl methyl sites for hydroxylation is 1. The first-order valence-electron chi connectivity index (χ1n) is 12.0. The molecular formula is C29H29ClN4O2. The van der Waals surface area contributed by atoms with Crippen molar-refractivity contribution in [3.8, 4) is 33.8 Å². The second-order valence-electron chi connectivity index (χ2n) is 10.0. The zero-order valence-electron chi connectivity index (χ0n) is 21.2. The Morgan fingerprint density at radius 3 is 2.44 bits per heavy atom. The number of nitrogens with zero attached hydrogens (tertiary/aromatic N) is 4. The normalized spacial score (nSPS) is 12.6. The Hall–Kier alpha value is -3.64. The SMILES string of the molecule is COc1cc2c(cc1-c1ccncc1)-c1c(c(C(=O)N(C)C(C)(C)C)nn1-c1ccccc1Cl)CC2. The van der Waals surface area contributed by atoms with Crippen LogP contribution in [0, 0.1) is 0 Å². The summed E-state index contributed by atoms with van der Waals surface area (Å²) in [6.45, 7) is 6.06. The monoisotopic (exact) mass is 500 g/mol. The van der Waals surface area contributed by atoms with Gasteiger partial charge in [-0.2, -0.15) is 5.10 Å². The van der Waals surface area contributed by atoms with E-state index < -0.39 is 0 Å². The number of para-hydroxylation sites is 1. The molecule has 1 aliphatic carbocycles. The van der Waals surface area contributed by atoms with Crippen LogP contribution in [0.5, 0.6) is 5.75 Å². The van der Waals surface area contributed by atoms with E-state index in [0.717, 1.165) is 51.4 Å². The van der Waals surface area contributed by atoms with E-state index in [1.54, 1.807) is 24.4 Å². The summed E-state index contributed by atoms with van der Waals surface area (Å²) in [6, 6.07) is 15.8. The van der Waals surface area contributed by atoms with E-state index in [9.17, 15) is 4.79 Å². The lowest BCUT2D eigenvalue weighted by Gasteiger charge is -2.31. The Bertz CT molecular complexity index is 1450. The molecule has 0 saturated carbocycles. The molecule has 0 bridgehead atoms. The first-order valence-corrected chi connectivity index (χ1v) is 12.3. The fourth-order valence-electron chi connectivity index (χ4n) is 4.63. The molecule has 0 fully saturated rings. The topological polar surface area (TPSA) is 60.2 Å². The minimum atomic E-state index is -0.341. The molecular weight excluding hydrogens is 472 g/mol. The van der Waals surface area contributed by atoms with E-state index in [4.69, 9.17) is 21.4 Å². The Morgan fingerprint density at radius 2 is 1.78 bits per heavy atom. The van der Waals surface area contributed by atoms with Gasteiger partial charge in [-0.25, -0.2) is 4.68 Å². The number of rotatable bonds is 4. The first kappa shape index (κ1) is 24.1. The molecule has 36 heavy (non-hydrogen) atoms. The van der Waals surface area contributed by atoms with Crippen molar-refractivity contribution >= 4 is 17.5 Å². The second-order valence-corrected chi connectivity index (χ2v) is 10.4. The molecule has 2 heterocycles. The van der Waals surface area contributed by atoms with Gasteiger partial charge in [0.05, 0.1) is 23.5 Å². The van der Waals surface area contributed by atoms with Gasteiger partial charge in [0.2, 0.25) is 0 Å². The molecule has 0 unspecified atom stereocenters. The molecule has 5 rings (SSSR count). The van der Waals surface area contributed by atoms with Gasteiger partial charge >= 0.3 is 0 Å². The Balaban J connectivity index is 1.79. The Morgan fingerprint density at radius 1 is 1.06 bits per heavy atom. The van der Waals surface area contributed by atoms with Crippen molar-refractivity contribution in [2.24, 2.45) is 0 Å². The highest BCUT2D eigenvalue weighted by Gasteiger charge is 2.34. The van der Waals surface area contributed by atoms with Crippen molar-refractivity contribution in [3.05, 3.63) is 82.8 Å². The van der Waals surface area contributed by atoms with Crippen molar-refractivity contribution in [1.82, 2.24) is 19.7 Å². The summed E-state index contributed by atoms with van der Waals surface area (Å²) in [5, 5.41) is 5.47. The van der Waals surface area contributed by atoms with Crippen LogP contribution in [0.4, 0.5) is 0 Å². The summed E-state index contributed by atoms with van der Waals surface area (Å²) in [5.41, 5.74) is 6.83. The van der Waals surface area contributed by atoms with Gasteiger partial charge in [-0.3, -0.25) is 9.78 Å². The molecule has 2 aromatic heterocycles. The van der Waals surface area contributed by atoms with Crippen LogP contribution in [0.15, 0.2) is 60.9 Å². The van der Waals surface area contributed by atoms with Crippen LogP contribution < -0.4 is 4.74 Å². The summed E-state index contributed by atoms with van der Waals surface area (Å²) in [5.74, 6) is 0.701. The van der Waals surface area contributed by atoms with Gasteiger partial charge in [-0.05, 0) is 81.1 Å². The number of carbonyl (C=O) groups is 1. The fourth-order valence-corrected chi connectivity index (χ4v) is 4.85. The summed E-state index contributed by atoms with van der Waals surface area (Å²) < 4.78 is 7.61. The fraction of sp³-hybridized carbons (Fsp3) is 0.276. The average molecular weight is 501 g/mol. The summed E-state index contributed by atoms with van der Waals surface area (Å²) in [7, 11) is 3.51. The van der Waals surface area contributed by atoms with Crippen molar-refractivity contribution in [3.63, 3.8) is 0 Å². The van der Waals surface area contributed by atoms with Crippen molar-refractivity contribution in [2.45, 2.75) is 39.2 Å². The Labute approximate surface area is 216 Å². The number of methoxy groups -OCH3 is 1. The van der Waals surface area contributed by atoms with Crippen LogP contribution in [0.25, 0.3) is 28.1 Å². The number of benzene rings is 2. The van der Waals surface area contributed by atoms with Crippen LogP contribution in [-0.2, 0) is 12.8 Å². The molecule has 2 aromatic carbocycles. The quantitative estimate of drug-likeness (QED) is 0.333. The smallest absolute Gasteiger partial charge is 0.274 e. The molecule has 1 amide bonds. The van der Waals surface area contributed by atoms with Crippen molar-refractivity contribution in [2.75, 3.05) is 14.2 Å². The molecule has 4 aromatic rings. The van der Waals surface area contributed by atoms with Gasteiger partial charge in [-0.1, -0.05) is 23.7 Å². The molecule has 0 atom stereocenters. The van der Waals surface area contributed by atoms with Crippen molar-refractivity contribution < 1.29 is 9.53 Å². The lowest BCUT2D eigenvalue weighted by molar-refractivity contribution is 0.0648. The third kappa shape index (κ3) is 4.05. The van der Waals surface area contributed by atoms with Gasteiger partial charge < -0.3 is 9.64 Å². The third-order valence-electron chi connectivity index (χ3n) is 6.89. The lowest BCUT2D eigenvalue weighted by Crippen LogP contribution is -2.43. The molecule has 6 nitrogen and oxygen atoms in total. The third-order valence-corrected chi connectivity index (χ3v) is 7.21. The number of aromatic nitrogens is 3. The van der Waals surface area contributed by atoms with E-state index in [2.05, 4.69) is 17.1 Å². The number of ether oxygens (including phenoxy) is 1. The minimum absolute atomic E-state index is 0.101. The number of amides is 1. The number of hydrogen-bond acceptors (Lipinski definition) is 4. The zero-order chi connectivity index (χ0) is 25.6. The molecule has 0 radical (unpaired) electrons. The van der Waals surface area contributed by atoms with E-state index in [0.29, 0.717) is 17.1 Å². The number of carbonyl (C=O) groups excluding carboxylic acids is 1. The zero-order valence-corrected chi connectivity index (χ0v) is 21.9. The highest BCUT2D eigenvalue weighted by molar-refractivity contribution is 6.32. The summed E-state index contributed by atoms with van der Waals surface area (Å²) in [4.78, 5) is 19.6. The van der Waals surface area contributed by atoms with E-state index in [1.807, 2.05) is 68.9 Å². The molecule has 1 aliphatic rings. The van der Waals surface area contributed by atoms with Gasteiger partial charge in [0.1, 0.15) is 5.75 Å². The number of halogens is 1. The maximum atomic E-state index is 13.7. The highest BCUT2D eigenvalue weighted by atomic mass is 35.5. The van der Waals surface area contributed by atoms with Crippen LogP contribution >= 0.6 is 11.6 Å². The average Bonchev–Trinajstić information content (AvgIpc) is 3.27. The van der Waals surface area contributed by atoms with Gasteiger partial charge in [0, 0.05) is 41.7 Å². The van der Waals surface area contributed by atoms with Crippen LogP contribution in [-0.4, -0.2) is 45.3 Å². The first-order chi connectivity index (χ1) is 17.2. The van der Waals surface area contributed by atoms with Crippen LogP contribution in [0.3, 0.4) is 0 Å². The number of pyridine rings is 1. The molecule has 7 heteroatoms. The van der Waals surface area contributed by atoms with Gasteiger partial charge in [0.15, 0.2) is 5.69 Å². The maximum Gasteiger partial charge on any atom is 0.274 e. The predicted octanol–water partition coefficient (Wildman–Crippen LogP) is 6.23. The summed E-state index contributed by atoms with van der Waals surface area (Å²) >= 11 is 6.64. The second kappa shape index (κ2) is 9.10. The van der Waals surface area contributed by atoms with Crippen LogP contribution in [0.1, 0.15) is 42.4 Å². The predicted molar refractivity (Wildman–Crippen MR) is 143 cm³/mol. The number of fused-ring (bicyclic) bond motifs is 3. The van der Waals surface area contributed by atoms with E-state index >= 15 is 0 Å². The minimum Gasteiger partial charge on any atom is -0.496 e. The highest BCUT2D eigenvalue weighted by Crippen LogP contribution is 2.43. The Kier molecular flexibility index (Phi) is 6.08. The molecule has 0 saturated heterocycles. The molecule has 0 N–H and O–H groups in total. The van der Waals surface area contributed by atoms with Crippen molar-refractivity contribution in [1.29, 1.82) is 0 Å². The molecule has 184 valence electrons. The van der Waals surface area contributed by atoms with Gasteiger partial charge in [-0.15, -0.1) is 0 Å². The standard InChI is InChI=1S/C29H29ClN4O2/c1-29(2,3)33(4)28(35)26-20-11-10-19-16-25(36-5)21(18-12-14-31-15-13-18)17-22(19)27(20)34(32-26)24-9-7-6-8-23(24)30/h6-9,12-17H,10-11H2,1-5H3. The largest absolute Gasteiger partial charge is 0.496 e. The van der Waals surface area contributed by atoms with Crippen LogP contribution in [0.2, 0.25) is 5.02 Å². The van der Waals surface area contributed by atoms with E-state index in [-0.39, 0.29) is 11.4 Å².